The molecule has 0 amide bonds. The first kappa shape index (κ1) is 18.9. The van der Waals surface area contributed by atoms with Gasteiger partial charge in [0.2, 0.25) is 0 Å². The highest BCUT2D eigenvalue weighted by molar-refractivity contribution is 5.57. The molecule has 0 aromatic heterocycles. The first-order valence-electron chi connectivity index (χ1n) is 8.78. The molecule has 0 aliphatic carbocycles. The topological polar surface area (TPSA) is 69.9 Å². The van der Waals surface area contributed by atoms with Crippen LogP contribution in [0.4, 0.5) is 24.5 Å². The zero-order chi connectivity index (χ0) is 18.9. The van der Waals surface area contributed by atoms with E-state index in [4.69, 9.17) is 0 Å². The van der Waals surface area contributed by atoms with Crippen LogP contribution in [-0.4, -0.2) is 53.3 Å². The summed E-state index contributed by atoms with van der Waals surface area (Å²) in [6.07, 6.45) is -1.12. The molecule has 2 unspecified atom stereocenters. The van der Waals surface area contributed by atoms with E-state index >= 15 is 0 Å². The normalized spacial score (nSPS) is 24.4. The van der Waals surface area contributed by atoms with Crippen LogP contribution < -0.4 is 4.90 Å². The Hall–Kier alpha value is -1.87. The Labute approximate surface area is 149 Å². The van der Waals surface area contributed by atoms with Crippen LogP contribution in [0.2, 0.25) is 0 Å². The van der Waals surface area contributed by atoms with Crippen molar-refractivity contribution >= 4 is 11.4 Å². The molecule has 2 heterocycles. The number of nitro benzene ring substituents is 1. The van der Waals surface area contributed by atoms with Crippen molar-refractivity contribution in [3.8, 4) is 0 Å². The molecule has 0 spiro atoms. The smallest absolute Gasteiger partial charge is 0.395 e. The molecular weight excluding hydrogens is 351 g/mol. The number of anilines is 1. The van der Waals surface area contributed by atoms with Crippen LogP contribution in [-0.2, 0) is 6.18 Å². The molecule has 144 valence electrons. The van der Waals surface area contributed by atoms with Gasteiger partial charge in [0, 0.05) is 36.9 Å². The predicted molar refractivity (Wildman–Crippen MR) is 90.1 cm³/mol. The number of aliphatic hydroxyl groups excluding tert-OH is 1. The maximum atomic E-state index is 13.2. The highest BCUT2D eigenvalue weighted by Crippen LogP contribution is 2.39. The number of rotatable bonds is 5. The van der Waals surface area contributed by atoms with Gasteiger partial charge < -0.3 is 10.0 Å². The van der Waals surface area contributed by atoms with Crippen LogP contribution in [0, 0.1) is 10.1 Å². The highest BCUT2D eigenvalue weighted by atomic mass is 19.4. The second kappa shape index (κ2) is 7.40. The first-order valence-corrected chi connectivity index (χ1v) is 8.78. The van der Waals surface area contributed by atoms with E-state index in [1.54, 1.807) is 0 Å². The van der Waals surface area contributed by atoms with Crippen molar-refractivity contribution in [3.05, 3.63) is 33.9 Å². The van der Waals surface area contributed by atoms with E-state index in [1.165, 1.54) is 6.07 Å². The molecule has 1 aromatic rings. The van der Waals surface area contributed by atoms with Crippen molar-refractivity contribution in [3.63, 3.8) is 0 Å². The van der Waals surface area contributed by atoms with Gasteiger partial charge in [-0.1, -0.05) is 0 Å². The third-order valence-corrected chi connectivity index (χ3v) is 5.35. The van der Waals surface area contributed by atoms with Gasteiger partial charge in [0.15, 0.2) is 0 Å². The standard InChI is InChI=1S/C17H22F3N3O3/c18-17(19,20)15-9-12(5-6-16(15)23(25)26)22-8-2-3-13(22)10-21-7-1-4-14(21)11-24/h5-6,9,13-14,24H,1-4,7-8,10-11H2. The Kier molecular flexibility index (Phi) is 5.38. The first-order chi connectivity index (χ1) is 12.3. The summed E-state index contributed by atoms with van der Waals surface area (Å²) in [4.78, 5) is 14.0. The molecule has 9 heteroatoms. The number of likely N-dealkylation sites (tertiary alicyclic amines) is 1. The minimum atomic E-state index is -4.77. The van der Waals surface area contributed by atoms with Crippen molar-refractivity contribution < 1.29 is 23.2 Å². The third kappa shape index (κ3) is 3.78. The highest BCUT2D eigenvalue weighted by Gasteiger charge is 2.39. The molecule has 1 N–H and O–H groups in total. The van der Waals surface area contributed by atoms with Crippen LogP contribution in [0.3, 0.4) is 0 Å². The summed E-state index contributed by atoms with van der Waals surface area (Å²) < 4.78 is 39.7. The van der Waals surface area contributed by atoms with Gasteiger partial charge in [-0.05, 0) is 44.4 Å². The van der Waals surface area contributed by atoms with Crippen molar-refractivity contribution in [1.29, 1.82) is 0 Å². The maximum Gasteiger partial charge on any atom is 0.423 e. The Bertz CT molecular complexity index is 668. The molecule has 1 aromatic carbocycles. The summed E-state index contributed by atoms with van der Waals surface area (Å²) in [5.74, 6) is 0. The number of aliphatic hydroxyl groups is 1. The largest absolute Gasteiger partial charge is 0.423 e. The molecule has 2 fully saturated rings. The van der Waals surface area contributed by atoms with E-state index in [1.807, 2.05) is 4.90 Å². The second-order valence-electron chi connectivity index (χ2n) is 6.92. The van der Waals surface area contributed by atoms with E-state index in [0.29, 0.717) is 18.8 Å². The van der Waals surface area contributed by atoms with Crippen LogP contribution in [0.15, 0.2) is 18.2 Å². The minimum absolute atomic E-state index is 0.0460. The Morgan fingerprint density at radius 1 is 1.19 bits per heavy atom. The van der Waals surface area contributed by atoms with Gasteiger partial charge in [0.25, 0.3) is 5.69 Å². The van der Waals surface area contributed by atoms with Crippen LogP contribution in [0.1, 0.15) is 31.2 Å². The zero-order valence-electron chi connectivity index (χ0n) is 14.3. The van der Waals surface area contributed by atoms with Gasteiger partial charge in [0.1, 0.15) is 5.56 Å². The average molecular weight is 373 g/mol. The van der Waals surface area contributed by atoms with Gasteiger partial charge in [-0.3, -0.25) is 15.0 Å². The Morgan fingerprint density at radius 2 is 1.88 bits per heavy atom. The lowest BCUT2D eigenvalue weighted by Crippen LogP contribution is -2.43. The fourth-order valence-electron chi connectivity index (χ4n) is 4.07. The van der Waals surface area contributed by atoms with Crippen LogP contribution in [0.25, 0.3) is 0 Å². The molecule has 6 nitrogen and oxygen atoms in total. The lowest BCUT2D eigenvalue weighted by atomic mass is 10.1. The molecule has 0 bridgehead atoms. The number of nitro groups is 1. The molecule has 3 rings (SSSR count). The van der Waals surface area contributed by atoms with E-state index < -0.39 is 22.4 Å². The number of alkyl halides is 3. The van der Waals surface area contributed by atoms with Crippen molar-refractivity contribution in [2.75, 3.05) is 31.1 Å². The maximum absolute atomic E-state index is 13.2. The molecule has 0 saturated carbocycles. The number of halogens is 3. The fourth-order valence-corrected chi connectivity index (χ4v) is 4.07. The summed E-state index contributed by atoms with van der Waals surface area (Å²) in [6, 6.07) is 3.40. The quantitative estimate of drug-likeness (QED) is 0.635. The third-order valence-electron chi connectivity index (χ3n) is 5.35. The zero-order valence-corrected chi connectivity index (χ0v) is 14.3. The van der Waals surface area contributed by atoms with E-state index in [2.05, 4.69) is 4.90 Å². The number of benzene rings is 1. The lowest BCUT2D eigenvalue weighted by molar-refractivity contribution is -0.388. The summed E-state index contributed by atoms with van der Waals surface area (Å²) in [5, 5.41) is 20.4. The molecular formula is C17H22F3N3O3. The van der Waals surface area contributed by atoms with E-state index in [0.717, 1.165) is 44.4 Å². The SMILES string of the molecule is O=[N+]([O-])c1ccc(N2CCCC2CN2CCCC2CO)cc1C(F)(F)F. The minimum Gasteiger partial charge on any atom is -0.395 e. The summed E-state index contributed by atoms with van der Waals surface area (Å²) in [7, 11) is 0. The van der Waals surface area contributed by atoms with Gasteiger partial charge in [0.05, 0.1) is 11.5 Å². The number of hydrogen-bond acceptors (Lipinski definition) is 5. The summed E-state index contributed by atoms with van der Waals surface area (Å²) >= 11 is 0. The Balaban J connectivity index is 1.84. The predicted octanol–water partition coefficient (Wildman–Crippen LogP) is 3.04. The monoisotopic (exact) mass is 373 g/mol. The summed E-state index contributed by atoms with van der Waals surface area (Å²) in [6.45, 7) is 2.27. The number of nitrogens with zero attached hydrogens (tertiary/aromatic N) is 3. The van der Waals surface area contributed by atoms with Crippen LogP contribution >= 0.6 is 0 Å². The summed E-state index contributed by atoms with van der Waals surface area (Å²) in [5.41, 5.74) is -1.76. The van der Waals surface area contributed by atoms with E-state index in [-0.39, 0.29) is 18.7 Å². The van der Waals surface area contributed by atoms with Crippen molar-refractivity contribution in [2.45, 2.75) is 43.9 Å². The fraction of sp³-hybridized carbons (Fsp3) is 0.647. The van der Waals surface area contributed by atoms with E-state index in [9.17, 15) is 28.4 Å². The lowest BCUT2D eigenvalue weighted by Gasteiger charge is -2.32. The van der Waals surface area contributed by atoms with Gasteiger partial charge in [-0.25, -0.2) is 0 Å². The van der Waals surface area contributed by atoms with Gasteiger partial charge >= 0.3 is 6.18 Å². The second-order valence-corrected chi connectivity index (χ2v) is 6.92. The van der Waals surface area contributed by atoms with Crippen molar-refractivity contribution in [1.82, 2.24) is 4.90 Å². The van der Waals surface area contributed by atoms with Gasteiger partial charge in [-0.15, -0.1) is 0 Å². The molecule has 2 saturated heterocycles. The molecule has 0 radical (unpaired) electrons. The van der Waals surface area contributed by atoms with Gasteiger partial charge in [-0.2, -0.15) is 13.2 Å². The van der Waals surface area contributed by atoms with Crippen molar-refractivity contribution in [2.24, 2.45) is 0 Å². The molecule has 26 heavy (non-hydrogen) atoms. The number of hydrogen-bond donors (Lipinski definition) is 1. The van der Waals surface area contributed by atoms with Crippen LogP contribution in [0.5, 0.6) is 0 Å². The Morgan fingerprint density at radius 3 is 2.54 bits per heavy atom. The molecule has 2 aliphatic rings. The molecule has 2 atom stereocenters. The average Bonchev–Trinajstić information content (AvgIpc) is 3.23. The molecule has 2 aliphatic heterocycles.